The van der Waals surface area contributed by atoms with Gasteiger partial charge < -0.3 is 24.2 Å². The number of nitrogens with zero attached hydrogens (tertiary/aromatic N) is 2. The Labute approximate surface area is 157 Å². The van der Waals surface area contributed by atoms with E-state index in [4.69, 9.17) is 14.0 Å². The highest BCUT2D eigenvalue weighted by atomic mass is 16.5. The number of carbonyl (C=O) groups is 2. The van der Waals surface area contributed by atoms with Gasteiger partial charge in [-0.3, -0.25) is 9.59 Å². The summed E-state index contributed by atoms with van der Waals surface area (Å²) in [5.74, 6) is 0.734. The third kappa shape index (κ3) is 4.85. The first-order valence-electron chi connectivity index (χ1n) is 8.84. The van der Waals surface area contributed by atoms with E-state index in [1.165, 1.54) is 12.0 Å². The van der Waals surface area contributed by atoms with E-state index < -0.39 is 0 Å². The molecule has 27 heavy (non-hydrogen) atoms. The van der Waals surface area contributed by atoms with Crippen LogP contribution in [-0.4, -0.2) is 54.8 Å². The minimum absolute atomic E-state index is 0.0780. The zero-order chi connectivity index (χ0) is 19.2. The van der Waals surface area contributed by atoms with Crippen LogP contribution in [0.3, 0.4) is 0 Å². The molecular weight excluding hydrogens is 350 g/mol. The zero-order valence-electron chi connectivity index (χ0n) is 15.4. The fourth-order valence-electron chi connectivity index (χ4n) is 3.03. The SMILES string of the molecule is COc1ccccc1C(=O)N(CC(=O)Nc1cc(C)on1)C[C@@H]1CCCO1. The normalized spacial score (nSPS) is 16.1. The van der Waals surface area contributed by atoms with Gasteiger partial charge in [0.05, 0.1) is 18.8 Å². The third-order valence-electron chi connectivity index (χ3n) is 4.30. The Morgan fingerprint density at radius 3 is 2.85 bits per heavy atom. The molecule has 0 bridgehead atoms. The lowest BCUT2D eigenvalue weighted by Gasteiger charge is -2.25. The maximum absolute atomic E-state index is 13.1. The van der Waals surface area contributed by atoms with Gasteiger partial charge in [-0.25, -0.2) is 0 Å². The first-order chi connectivity index (χ1) is 13.1. The van der Waals surface area contributed by atoms with E-state index in [-0.39, 0.29) is 24.5 Å². The Hall–Kier alpha value is -2.87. The quantitative estimate of drug-likeness (QED) is 0.800. The molecule has 1 aromatic heterocycles. The molecular formula is C19H23N3O5. The number of aryl methyl sites for hydroxylation is 1. The van der Waals surface area contributed by atoms with Gasteiger partial charge in [-0.2, -0.15) is 0 Å². The maximum Gasteiger partial charge on any atom is 0.258 e. The smallest absolute Gasteiger partial charge is 0.258 e. The summed E-state index contributed by atoms with van der Waals surface area (Å²) in [6.45, 7) is 2.62. The van der Waals surface area contributed by atoms with Crippen LogP contribution in [0.25, 0.3) is 0 Å². The summed E-state index contributed by atoms with van der Waals surface area (Å²) in [6.07, 6.45) is 1.73. The van der Waals surface area contributed by atoms with Gasteiger partial charge in [0.2, 0.25) is 5.91 Å². The summed E-state index contributed by atoms with van der Waals surface area (Å²) in [6, 6.07) is 8.57. The van der Waals surface area contributed by atoms with E-state index in [2.05, 4.69) is 10.5 Å². The number of nitrogens with one attached hydrogen (secondary N) is 1. The highest BCUT2D eigenvalue weighted by Gasteiger charge is 2.27. The van der Waals surface area contributed by atoms with Crippen LogP contribution in [-0.2, 0) is 9.53 Å². The minimum Gasteiger partial charge on any atom is -0.496 e. The Morgan fingerprint density at radius 2 is 2.19 bits per heavy atom. The number of anilines is 1. The summed E-state index contributed by atoms with van der Waals surface area (Å²) in [7, 11) is 1.51. The van der Waals surface area contributed by atoms with Crippen LogP contribution in [0.15, 0.2) is 34.9 Å². The number of benzene rings is 1. The van der Waals surface area contributed by atoms with Crippen LogP contribution in [0.2, 0.25) is 0 Å². The molecule has 0 spiro atoms. The number of aromatic nitrogens is 1. The Balaban J connectivity index is 1.75. The first-order valence-corrected chi connectivity index (χ1v) is 8.84. The topological polar surface area (TPSA) is 93.9 Å². The molecule has 1 fully saturated rings. The van der Waals surface area contributed by atoms with Crippen molar-refractivity contribution in [3.05, 3.63) is 41.7 Å². The molecule has 0 radical (unpaired) electrons. The average Bonchev–Trinajstić information content (AvgIpc) is 3.32. The number of methoxy groups -OCH3 is 1. The van der Waals surface area contributed by atoms with E-state index in [1.807, 2.05) is 0 Å². The Morgan fingerprint density at radius 1 is 1.37 bits per heavy atom. The molecule has 1 N–H and O–H groups in total. The van der Waals surface area contributed by atoms with Crippen LogP contribution >= 0.6 is 0 Å². The molecule has 8 nitrogen and oxygen atoms in total. The van der Waals surface area contributed by atoms with Gasteiger partial charge in [0, 0.05) is 19.2 Å². The van der Waals surface area contributed by atoms with E-state index in [9.17, 15) is 9.59 Å². The van der Waals surface area contributed by atoms with Crippen LogP contribution < -0.4 is 10.1 Å². The van der Waals surface area contributed by atoms with Crippen molar-refractivity contribution >= 4 is 17.6 Å². The fraction of sp³-hybridized carbons (Fsp3) is 0.421. The second-order valence-corrected chi connectivity index (χ2v) is 6.39. The highest BCUT2D eigenvalue weighted by Crippen LogP contribution is 2.21. The van der Waals surface area contributed by atoms with Gasteiger partial charge >= 0.3 is 0 Å². The van der Waals surface area contributed by atoms with Gasteiger partial charge in [0.25, 0.3) is 5.91 Å². The van der Waals surface area contributed by atoms with E-state index in [0.29, 0.717) is 36.0 Å². The van der Waals surface area contributed by atoms with Crippen molar-refractivity contribution in [2.45, 2.75) is 25.9 Å². The standard InChI is InChI=1S/C19H23N3O5/c1-13-10-17(21-27-13)20-18(23)12-22(11-14-6-5-9-26-14)19(24)15-7-3-4-8-16(15)25-2/h3-4,7-8,10,14H,5-6,9,11-12H2,1-2H3,(H,20,21,23)/t14-/m0/s1. The number of hydrogen-bond acceptors (Lipinski definition) is 6. The molecule has 0 unspecified atom stereocenters. The second-order valence-electron chi connectivity index (χ2n) is 6.39. The largest absolute Gasteiger partial charge is 0.496 e. The number of carbonyl (C=O) groups excluding carboxylic acids is 2. The predicted molar refractivity (Wildman–Crippen MR) is 97.7 cm³/mol. The summed E-state index contributed by atoms with van der Waals surface area (Å²) < 4.78 is 15.9. The fourth-order valence-corrected chi connectivity index (χ4v) is 3.03. The van der Waals surface area contributed by atoms with Crippen molar-refractivity contribution < 1.29 is 23.6 Å². The van der Waals surface area contributed by atoms with Crippen molar-refractivity contribution in [3.63, 3.8) is 0 Å². The van der Waals surface area contributed by atoms with Crippen molar-refractivity contribution in [1.29, 1.82) is 0 Å². The van der Waals surface area contributed by atoms with Gasteiger partial charge in [-0.05, 0) is 31.9 Å². The summed E-state index contributed by atoms with van der Waals surface area (Å²) >= 11 is 0. The van der Waals surface area contributed by atoms with Crippen LogP contribution in [0, 0.1) is 6.92 Å². The van der Waals surface area contributed by atoms with Crippen molar-refractivity contribution in [3.8, 4) is 5.75 Å². The van der Waals surface area contributed by atoms with Crippen LogP contribution in [0.4, 0.5) is 5.82 Å². The number of para-hydroxylation sites is 1. The summed E-state index contributed by atoms with van der Waals surface area (Å²) in [4.78, 5) is 27.0. The van der Waals surface area contributed by atoms with Crippen molar-refractivity contribution in [2.24, 2.45) is 0 Å². The molecule has 2 amide bonds. The monoisotopic (exact) mass is 373 g/mol. The molecule has 3 rings (SSSR count). The highest BCUT2D eigenvalue weighted by molar-refractivity contribution is 6.00. The van der Waals surface area contributed by atoms with Crippen molar-refractivity contribution in [1.82, 2.24) is 10.1 Å². The molecule has 144 valence electrons. The average molecular weight is 373 g/mol. The van der Waals surface area contributed by atoms with Crippen LogP contribution in [0.5, 0.6) is 5.75 Å². The summed E-state index contributed by atoms with van der Waals surface area (Å²) in [5, 5.41) is 6.38. The first kappa shape index (κ1) is 18.9. The molecule has 0 aliphatic carbocycles. The van der Waals surface area contributed by atoms with E-state index in [0.717, 1.165) is 12.8 Å². The lowest BCUT2D eigenvalue weighted by Crippen LogP contribution is -2.42. The molecule has 2 aromatic rings. The van der Waals surface area contributed by atoms with Gasteiger partial charge in [-0.15, -0.1) is 0 Å². The molecule has 1 aliphatic rings. The minimum atomic E-state index is -0.357. The molecule has 0 saturated carbocycles. The van der Waals surface area contributed by atoms with E-state index in [1.54, 1.807) is 37.3 Å². The van der Waals surface area contributed by atoms with Crippen molar-refractivity contribution in [2.75, 3.05) is 32.1 Å². The lowest BCUT2D eigenvalue weighted by atomic mass is 10.1. The van der Waals surface area contributed by atoms with Crippen LogP contribution in [0.1, 0.15) is 29.0 Å². The molecule has 1 atom stereocenters. The summed E-state index contributed by atoms with van der Waals surface area (Å²) in [5.41, 5.74) is 0.406. The van der Waals surface area contributed by atoms with Gasteiger partial charge in [-0.1, -0.05) is 17.3 Å². The predicted octanol–water partition coefficient (Wildman–Crippen LogP) is 2.25. The number of ether oxygens (including phenoxy) is 2. The van der Waals surface area contributed by atoms with Gasteiger partial charge in [0.15, 0.2) is 5.82 Å². The number of amides is 2. The van der Waals surface area contributed by atoms with E-state index >= 15 is 0 Å². The second kappa shape index (κ2) is 8.68. The molecule has 1 aliphatic heterocycles. The lowest BCUT2D eigenvalue weighted by molar-refractivity contribution is -0.117. The molecule has 1 aromatic carbocycles. The molecule has 8 heteroatoms. The number of rotatable bonds is 7. The Bertz CT molecular complexity index is 798. The Kier molecular flexibility index (Phi) is 6.08. The van der Waals surface area contributed by atoms with Gasteiger partial charge in [0.1, 0.15) is 18.1 Å². The molecule has 2 heterocycles. The third-order valence-corrected chi connectivity index (χ3v) is 4.30. The zero-order valence-corrected chi connectivity index (χ0v) is 15.4. The molecule has 1 saturated heterocycles. The maximum atomic E-state index is 13.1. The number of hydrogen-bond donors (Lipinski definition) is 1.